The quantitative estimate of drug-likeness (QED) is 0.913. The van der Waals surface area contributed by atoms with E-state index >= 15 is 0 Å². The molecule has 1 aliphatic carbocycles. The van der Waals surface area contributed by atoms with Gasteiger partial charge in [0, 0.05) is 24.5 Å². The summed E-state index contributed by atoms with van der Waals surface area (Å²) in [6.07, 6.45) is 6.87. The van der Waals surface area contributed by atoms with Crippen molar-refractivity contribution in [2.24, 2.45) is 5.73 Å². The number of nitrogens with zero attached hydrogens (tertiary/aromatic N) is 2. The molecule has 2 atom stereocenters. The second-order valence-electron chi connectivity index (χ2n) is 6.58. The predicted molar refractivity (Wildman–Crippen MR) is 85.8 cm³/mol. The molecule has 21 heavy (non-hydrogen) atoms. The monoisotopic (exact) mass is 307 g/mol. The van der Waals surface area contributed by atoms with Gasteiger partial charge in [-0.1, -0.05) is 12.8 Å². The van der Waals surface area contributed by atoms with Gasteiger partial charge in [-0.3, -0.25) is 4.79 Å². The summed E-state index contributed by atoms with van der Waals surface area (Å²) in [5.74, 6) is 0.746. The molecule has 2 N–H and O–H groups in total. The molecule has 1 aromatic heterocycles. The van der Waals surface area contributed by atoms with Gasteiger partial charge in [0.1, 0.15) is 4.88 Å². The van der Waals surface area contributed by atoms with Crippen LogP contribution in [-0.2, 0) is 0 Å². The molecule has 1 amide bonds. The van der Waals surface area contributed by atoms with Gasteiger partial charge < -0.3 is 10.6 Å². The summed E-state index contributed by atoms with van der Waals surface area (Å²) >= 11 is 1.63. The molecule has 2 heterocycles. The van der Waals surface area contributed by atoms with Crippen molar-refractivity contribution in [3.05, 3.63) is 15.6 Å². The van der Waals surface area contributed by atoms with Crippen molar-refractivity contribution in [1.29, 1.82) is 0 Å². The lowest BCUT2D eigenvalue weighted by Crippen LogP contribution is -2.48. The van der Waals surface area contributed by atoms with Crippen LogP contribution in [0, 0.1) is 6.92 Å². The summed E-state index contributed by atoms with van der Waals surface area (Å²) in [4.78, 5) is 20.4. The van der Waals surface area contributed by atoms with E-state index in [0.29, 0.717) is 5.92 Å². The number of carbonyl (C=O) groups is 1. The fraction of sp³-hybridized carbons (Fsp3) is 0.750. The molecule has 0 aromatic carbocycles. The highest BCUT2D eigenvalue weighted by atomic mass is 32.1. The van der Waals surface area contributed by atoms with E-state index in [1.165, 1.54) is 30.7 Å². The molecular weight excluding hydrogens is 282 g/mol. The van der Waals surface area contributed by atoms with Crippen LogP contribution in [0.15, 0.2) is 0 Å². The predicted octanol–water partition coefficient (Wildman–Crippen LogP) is 3.06. The van der Waals surface area contributed by atoms with Crippen molar-refractivity contribution >= 4 is 17.2 Å². The molecule has 3 rings (SSSR count). The molecule has 0 bridgehead atoms. The van der Waals surface area contributed by atoms with Crippen LogP contribution in [0.25, 0.3) is 0 Å². The van der Waals surface area contributed by atoms with E-state index in [9.17, 15) is 4.79 Å². The number of piperidine rings is 1. The number of nitrogens with two attached hydrogens (primary N) is 1. The first-order chi connectivity index (χ1) is 10.1. The van der Waals surface area contributed by atoms with E-state index < -0.39 is 0 Å². The molecule has 0 spiro atoms. The first-order valence-electron chi connectivity index (χ1n) is 8.10. The van der Waals surface area contributed by atoms with Gasteiger partial charge in [0.15, 0.2) is 0 Å². The van der Waals surface area contributed by atoms with Crippen LogP contribution < -0.4 is 5.73 Å². The largest absolute Gasteiger partial charge is 0.335 e. The molecule has 0 unspecified atom stereocenters. The van der Waals surface area contributed by atoms with E-state index in [2.05, 4.69) is 6.92 Å². The average molecular weight is 307 g/mol. The molecule has 1 aromatic rings. The number of thiazole rings is 1. The Morgan fingerprint density at radius 3 is 2.71 bits per heavy atom. The molecule has 5 heteroatoms. The smallest absolute Gasteiger partial charge is 0.266 e. The second kappa shape index (κ2) is 6.05. The van der Waals surface area contributed by atoms with E-state index in [-0.39, 0.29) is 18.0 Å². The third-order valence-corrected chi connectivity index (χ3v) is 6.20. The van der Waals surface area contributed by atoms with E-state index in [0.717, 1.165) is 30.0 Å². The lowest BCUT2D eigenvalue weighted by Gasteiger charge is -2.36. The topological polar surface area (TPSA) is 59.2 Å². The Balaban J connectivity index is 1.78. The Bertz CT molecular complexity index is 522. The van der Waals surface area contributed by atoms with Gasteiger partial charge in [0.25, 0.3) is 5.91 Å². The molecule has 2 fully saturated rings. The number of amides is 1. The second-order valence-corrected chi connectivity index (χ2v) is 7.61. The first-order valence-corrected chi connectivity index (χ1v) is 8.91. The van der Waals surface area contributed by atoms with Crippen LogP contribution in [0.4, 0.5) is 0 Å². The van der Waals surface area contributed by atoms with Crippen molar-refractivity contribution in [1.82, 2.24) is 9.88 Å². The summed E-state index contributed by atoms with van der Waals surface area (Å²) in [7, 11) is 0. The zero-order chi connectivity index (χ0) is 15.0. The Morgan fingerprint density at radius 1 is 1.33 bits per heavy atom. The normalized spacial score (nSPS) is 27.3. The minimum Gasteiger partial charge on any atom is -0.335 e. The Labute approximate surface area is 130 Å². The molecule has 116 valence electrons. The zero-order valence-electron chi connectivity index (χ0n) is 13.0. The third-order valence-electron chi connectivity index (χ3n) is 4.89. The maximum Gasteiger partial charge on any atom is 0.266 e. The average Bonchev–Trinajstić information content (AvgIpc) is 3.07. The van der Waals surface area contributed by atoms with Crippen molar-refractivity contribution in [2.45, 2.75) is 70.4 Å². The fourth-order valence-corrected chi connectivity index (χ4v) is 4.80. The first kappa shape index (κ1) is 15.0. The summed E-state index contributed by atoms with van der Waals surface area (Å²) in [6.45, 7) is 4.85. The molecule has 0 radical (unpaired) electrons. The van der Waals surface area contributed by atoms with Crippen molar-refractivity contribution in [3.8, 4) is 0 Å². The summed E-state index contributed by atoms with van der Waals surface area (Å²) in [6, 6.07) is 0.471. The van der Waals surface area contributed by atoms with Crippen LogP contribution in [0.1, 0.15) is 71.7 Å². The fourth-order valence-electron chi connectivity index (χ4n) is 3.60. The Morgan fingerprint density at radius 2 is 2.05 bits per heavy atom. The van der Waals surface area contributed by atoms with Crippen LogP contribution in [0.5, 0.6) is 0 Å². The third kappa shape index (κ3) is 2.99. The van der Waals surface area contributed by atoms with Gasteiger partial charge in [-0.05, 0) is 39.5 Å². The molecule has 1 saturated heterocycles. The SMILES string of the molecule is Cc1nc(C2CCCC2)sc1C(=O)N1CC[C@H](N)C[C@H]1C. The highest BCUT2D eigenvalue weighted by Gasteiger charge is 2.31. The van der Waals surface area contributed by atoms with Gasteiger partial charge in [0.05, 0.1) is 10.7 Å². The standard InChI is InChI=1S/C16H25N3OS/c1-10-9-13(17)7-8-19(10)16(20)14-11(2)18-15(21-14)12-5-3-4-6-12/h10,12-13H,3-9,17H2,1-2H3/t10-,13+/m1/s1. The van der Waals surface area contributed by atoms with E-state index in [1.54, 1.807) is 11.3 Å². The van der Waals surface area contributed by atoms with Crippen LogP contribution in [0.2, 0.25) is 0 Å². The molecule has 2 aliphatic rings. The minimum atomic E-state index is 0.161. The van der Waals surface area contributed by atoms with Crippen molar-refractivity contribution < 1.29 is 4.79 Å². The highest BCUT2D eigenvalue weighted by molar-refractivity contribution is 7.13. The van der Waals surface area contributed by atoms with Crippen LogP contribution in [0.3, 0.4) is 0 Å². The zero-order valence-corrected chi connectivity index (χ0v) is 13.8. The maximum absolute atomic E-state index is 12.8. The number of hydrogen-bond donors (Lipinski definition) is 1. The number of likely N-dealkylation sites (tertiary alicyclic amines) is 1. The van der Waals surface area contributed by atoms with Crippen molar-refractivity contribution in [2.75, 3.05) is 6.54 Å². The molecular formula is C16H25N3OS. The maximum atomic E-state index is 12.8. The van der Waals surface area contributed by atoms with Gasteiger partial charge in [0.2, 0.25) is 0 Å². The van der Waals surface area contributed by atoms with Gasteiger partial charge in [-0.25, -0.2) is 4.98 Å². The number of hydrogen-bond acceptors (Lipinski definition) is 4. The number of aromatic nitrogens is 1. The number of carbonyl (C=O) groups excluding carboxylic acids is 1. The lowest BCUT2D eigenvalue weighted by molar-refractivity contribution is 0.0623. The minimum absolute atomic E-state index is 0.161. The lowest BCUT2D eigenvalue weighted by atomic mass is 9.99. The van der Waals surface area contributed by atoms with Crippen LogP contribution in [-0.4, -0.2) is 34.4 Å². The van der Waals surface area contributed by atoms with Crippen LogP contribution >= 0.6 is 11.3 Å². The molecule has 1 aliphatic heterocycles. The number of aryl methyl sites for hydroxylation is 1. The van der Waals surface area contributed by atoms with Gasteiger partial charge in [-0.15, -0.1) is 11.3 Å². The van der Waals surface area contributed by atoms with E-state index in [4.69, 9.17) is 10.7 Å². The summed E-state index contributed by atoms with van der Waals surface area (Å²) < 4.78 is 0. The Hall–Kier alpha value is -0.940. The molecule has 4 nitrogen and oxygen atoms in total. The Kier molecular flexibility index (Phi) is 4.31. The summed E-state index contributed by atoms with van der Waals surface area (Å²) in [5, 5.41) is 1.18. The molecule has 1 saturated carbocycles. The summed E-state index contributed by atoms with van der Waals surface area (Å²) in [5.41, 5.74) is 6.91. The van der Waals surface area contributed by atoms with Crippen molar-refractivity contribution in [3.63, 3.8) is 0 Å². The van der Waals surface area contributed by atoms with E-state index in [1.807, 2.05) is 11.8 Å². The van der Waals surface area contributed by atoms with Gasteiger partial charge >= 0.3 is 0 Å². The van der Waals surface area contributed by atoms with Gasteiger partial charge in [-0.2, -0.15) is 0 Å². The number of rotatable bonds is 2. The highest BCUT2D eigenvalue weighted by Crippen LogP contribution is 2.37.